The zero-order valence-electron chi connectivity index (χ0n) is 20.4. The third-order valence-corrected chi connectivity index (χ3v) is 7.57. The predicted octanol–water partition coefficient (Wildman–Crippen LogP) is 6.14. The van der Waals surface area contributed by atoms with Gasteiger partial charge in [-0.1, -0.05) is 60.7 Å². The standard InChI is InChI=1S/C30H32N4OS/c35-29(16-11-23-7-3-1-4-8-23)33-26-12-14-27(15-13-26)34-19-17-25(18-20-34)31-21-28-30(32-22-36-28)24-9-5-2-6-10-24/h1-10,12-15,22,25,31H,11,16-21H2,(H,33,35). The summed E-state index contributed by atoms with van der Waals surface area (Å²) in [5.41, 5.74) is 7.47. The monoisotopic (exact) mass is 496 g/mol. The molecule has 4 aromatic rings. The number of aryl methyl sites for hydroxylation is 1. The van der Waals surface area contributed by atoms with Crippen molar-refractivity contribution in [2.24, 2.45) is 0 Å². The topological polar surface area (TPSA) is 57.3 Å². The van der Waals surface area contributed by atoms with Crippen LogP contribution in [0.2, 0.25) is 0 Å². The first-order valence-corrected chi connectivity index (χ1v) is 13.5. The minimum Gasteiger partial charge on any atom is -0.371 e. The van der Waals surface area contributed by atoms with Crippen molar-refractivity contribution in [2.45, 2.75) is 38.3 Å². The van der Waals surface area contributed by atoms with Crippen molar-refractivity contribution < 1.29 is 4.79 Å². The number of nitrogens with one attached hydrogen (secondary N) is 2. The summed E-state index contributed by atoms with van der Waals surface area (Å²) in [6, 6.07) is 29.3. The maximum atomic E-state index is 12.3. The molecule has 0 unspecified atom stereocenters. The van der Waals surface area contributed by atoms with Crippen LogP contribution < -0.4 is 15.5 Å². The van der Waals surface area contributed by atoms with Crippen LogP contribution in [0.4, 0.5) is 11.4 Å². The lowest BCUT2D eigenvalue weighted by molar-refractivity contribution is -0.116. The average molecular weight is 497 g/mol. The molecule has 5 rings (SSSR count). The second-order valence-corrected chi connectivity index (χ2v) is 10.2. The van der Waals surface area contributed by atoms with Gasteiger partial charge in [-0.3, -0.25) is 4.79 Å². The summed E-state index contributed by atoms with van der Waals surface area (Å²) >= 11 is 1.72. The van der Waals surface area contributed by atoms with Crippen LogP contribution in [0.3, 0.4) is 0 Å². The van der Waals surface area contributed by atoms with Crippen molar-refractivity contribution in [1.29, 1.82) is 0 Å². The maximum Gasteiger partial charge on any atom is 0.224 e. The number of hydrogen-bond acceptors (Lipinski definition) is 5. The van der Waals surface area contributed by atoms with E-state index in [2.05, 4.69) is 69.0 Å². The third-order valence-electron chi connectivity index (χ3n) is 6.73. The van der Waals surface area contributed by atoms with Gasteiger partial charge in [0, 0.05) is 53.9 Å². The molecule has 5 nitrogen and oxygen atoms in total. The van der Waals surface area contributed by atoms with E-state index in [1.54, 1.807) is 11.3 Å². The number of amides is 1. The zero-order chi connectivity index (χ0) is 24.6. The van der Waals surface area contributed by atoms with Gasteiger partial charge in [-0.05, 0) is 49.1 Å². The van der Waals surface area contributed by atoms with Crippen LogP contribution in [0.15, 0.2) is 90.4 Å². The number of anilines is 2. The van der Waals surface area contributed by atoms with Crippen LogP contribution in [0.5, 0.6) is 0 Å². The van der Waals surface area contributed by atoms with Crippen molar-refractivity contribution in [2.75, 3.05) is 23.3 Å². The molecule has 1 aliphatic rings. The molecule has 1 aromatic heterocycles. The van der Waals surface area contributed by atoms with Crippen LogP contribution in [0.25, 0.3) is 11.3 Å². The molecule has 0 spiro atoms. The molecule has 0 radical (unpaired) electrons. The largest absolute Gasteiger partial charge is 0.371 e. The van der Waals surface area contributed by atoms with Gasteiger partial charge in [-0.15, -0.1) is 11.3 Å². The Labute approximate surface area is 217 Å². The molecule has 2 N–H and O–H groups in total. The molecule has 0 atom stereocenters. The number of carbonyl (C=O) groups is 1. The molecule has 6 heteroatoms. The summed E-state index contributed by atoms with van der Waals surface area (Å²) in [5.74, 6) is 0.0508. The lowest BCUT2D eigenvalue weighted by Crippen LogP contribution is -2.42. The van der Waals surface area contributed by atoms with E-state index in [0.717, 1.165) is 50.3 Å². The van der Waals surface area contributed by atoms with E-state index >= 15 is 0 Å². The van der Waals surface area contributed by atoms with E-state index in [1.165, 1.54) is 21.7 Å². The van der Waals surface area contributed by atoms with Gasteiger partial charge in [0.25, 0.3) is 0 Å². The number of carbonyl (C=O) groups excluding carboxylic acids is 1. The molecule has 36 heavy (non-hydrogen) atoms. The number of aromatic nitrogens is 1. The Kier molecular flexibility index (Phi) is 8.06. The third kappa shape index (κ3) is 6.39. The Hall–Kier alpha value is -3.48. The molecule has 0 aliphatic carbocycles. The Bertz CT molecular complexity index is 1230. The molecular formula is C30H32N4OS. The Morgan fingerprint density at radius 3 is 2.33 bits per heavy atom. The molecule has 0 saturated carbocycles. The highest BCUT2D eigenvalue weighted by Gasteiger charge is 2.20. The number of nitrogens with zero attached hydrogens (tertiary/aromatic N) is 2. The summed E-state index contributed by atoms with van der Waals surface area (Å²) in [4.78, 5) is 20.6. The van der Waals surface area contributed by atoms with Gasteiger partial charge in [-0.25, -0.2) is 4.98 Å². The molecule has 1 aliphatic heterocycles. The summed E-state index contributed by atoms with van der Waals surface area (Å²) < 4.78 is 0. The highest BCUT2D eigenvalue weighted by molar-refractivity contribution is 7.10. The number of piperidine rings is 1. The molecular weight excluding hydrogens is 464 g/mol. The molecule has 0 bridgehead atoms. The number of rotatable bonds is 9. The van der Waals surface area contributed by atoms with Gasteiger partial charge >= 0.3 is 0 Å². The Morgan fingerprint density at radius 1 is 0.917 bits per heavy atom. The first-order valence-electron chi connectivity index (χ1n) is 12.6. The fourth-order valence-corrected chi connectivity index (χ4v) is 5.42. The van der Waals surface area contributed by atoms with Crippen molar-refractivity contribution in [3.8, 4) is 11.3 Å². The quantitative estimate of drug-likeness (QED) is 0.292. The normalized spacial score (nSPS) is 14.1. The number of hydrogen-bond donors (Lipinski definition) is 2. The van der Waals surface area contributed by atoms with Crippen molar-refractivity contribution in [3.63, 3.8) is 0 Å². The van der Waals surface area contributed by atoms with E-state index in [-0.39, 0.29) is 5.91 Å². The molecule has 3 aromatic carbocycles. The second-order valence-electron chi connectivity index (χ2n) is 9.21. The fraction of sp³-hybridized carbons (Fsp3) is 0.267. The van der Waals surface area contributed by atoms with E-state index in [1.807, 2.05) is 41.9 Å². The van der Waals surface area contributed by atoms with Crippen LogP contribution in [-0.4, -0.2) is 30.0 Å². The maximum absolute atomic E-state index is 12.3. The van der Waals surface area contributed by atoms with Crippen LogP contribution in [0.1, 0.15) is 29.7 Å². The Morgan fingerprint density at radius 2 is 1.61 bits per heavy atom. The highest BCUT2D eigenvalue weighted by Crippen LogP contribution is 2.26. The van der Waals surface area contributed by atoms with E-state index in [4.69, 9.17) is 0 Å². The van der Waals surface area contributed by atoms with Gasteiger partial charge in [0.15, 0.2) is 0 Å². The van der Waals surface area contributed by atoms with Gasteiger partial charge in [0.05, 0.1) is 11.2 Å². The SMILES string of the molecule is O=C(CCc1ccccc1)Nc1ccc(N2CCC(NCc3scnc3-c3ccccc3)CC2)cc1. The number of thiazole rings is 1. The molecule has 2 heterocycles. The van der Waals surface area contributed by atoms with Crippen LogP contribution in [-0.2, 0) is 17.8 Å². The molecule has 1 amide bonds. The molecule has 184 valence electrons. The second kappa shape index (κ2) is 12.0. The van der Waals surface area contributed by atoms with Gasteiger partial charge in [0.2, 0.25) is 5.91 Å². The zero-order valence-corrected chi connectivity index (χ0v) is 21.2. The Balaban J connectivity index is 1.06. The smallest absolute Gasteiger partial charge is 0.224 e. The van der Waals surface area contributed by atoms with Gasteiger partial charge in [-0.2, -0.15) is 0 Å². The van der Waals surface area contributed by atoms with Crippen molar-refractivity contribution in [3.05, 3.63) is 101 Å². The van der Waals surface area contributed by atoms with Crippen LogP contribution >= 0.6 is 11.3 Å². The minimum absolute atomic E-state index is 0.0508. The first-order chi connectivity index (χ1) is 17.7. The lowest BCUT2D eigenvalue weighted by Gasteiger charge is -2.34. The van der Waals surface area contributed by atoms with Gasteiger partial charge < -0.3 is 15.5 Å². The minimum atomic E-state index is 0.0508. The summed E-state index contributed by atoms with van der Waals surface area (Å²) in [7, 11) is 0. The number of benzene rings is 3. The summed E-state index contributed by atoms with van der Waals surface area (Å²) in [6.07, 6.45) is 3.46. The first kappa shape index (κ1) is 24.2. The van der Waals surface area contributed by atoms with Crippen LogP contribution in [0, 0.1) is 0 Å². The van der Waals surface area contributed by atoms with E-state index in [0.29, 0.717) is 12.5 Å². The predicted molar refractivity (Wildman–Crippen MR) is 149 cm³/mol. The van der Waals surface area contributed by atoms with Crippen molar-refractivity contribution in [1.82, 2.24) is 10.3 Å². The highest BCUT2D eigenvalue weighted by atomic mass is 32.1. The van der Waals surface area contributed by atoms with E-state index < -0.39 is 0 Å². The molecule has 1 saturated heterocycles. The fourth-order valence-electron chi connectivity index (χ4n) is 4.69. The van der Waals surface area contributed by atoms with Crippen molar-refractivity contribution >= 4 is 28.6 Å². The average Bonchev–Trinajstić information content (AvgIpc) is 3.41. The molecule has 1 fully saturated rings. The lowest BCUT2D eigenvalue weighted by atomic mass is 10.0. The summed E-state index contributed by atoms with van der Waals surface area (Å²) in [5, 5.41) is 6.78. The summed E-state index contributed by atoms with van der Waals surface area (Å²) in [6.45, 7) is 2.90. The van der Waals surface area contributed by atoms with E-state index in [9.17, 15) is 4.79 Å². The van der Waals surface area contributed by atoms with Gasteiger partial charge in [0.1, 0.15) is 0 Å².